The van der Waals surface area contributed by atoms with Gasteiger partial charge in [0, 0.05) is 4.47 Å². The predicted octanol–water partition coefficient (Wildman–Crippen LogP) is 5.79. The van der Waals surface area contributed by atoms with Crippen LogP contribution in [0.4, 0.5) is 0 Å². The lowest BCUT2D eigenvalue weighted by atomic mass is 9.95. The average molecular weight is 299 g/mol. The van der Waals surface area contributed by atoms with Crippen LogP contribution in [-0.4, -0.2) is 0 Å². The molecular weight excluding hydrogens is 284 g/mol. The van der Waals surface area contributed by atoms with Gasteiger partial charge in [-0.15, -0.1) is 0 Å². The van der Waals surface area contributed by atoms with Crippen molar-refractivity contribution in [2.24, 2.45) is 0 Å². The van der Waals surface area contributed by atoms with E-state index in [0.29, 0.717) is 0 Å². The molecule has 0 N–H and O–H groups in total. The maximum Gasteiger partial charge on any atom is 0.0253 e. The van der Waals surface area contributed by atoms with Gasteiger partial charge in [0.25, 0.3) is 0 Å². The molecule has 0 aliphatic heterocycles. The summed E-state index contributed by atoms with van der Waals surface area (Å²) in [6.45, 7) is 5.97. The van der Waals surface area contributed by atoms with Crippen molar-refractivity contribution in [3.8, 4) is 11.1 Å². The summed E-state index contributed by atoms with van der Waals surface area (Å²) in [6.07, 6.45) is 6.08. The minimum atomic E-state index is 1.10. The van der Waals surface area contributed by atoms with Crippen molar-refractivity contribution in [1.29, 1.82) is 0 Å². The van der Waals surface area contributed by atoms with Crippen LogP contribution in [-0.2, 0) is 0 Å². The van der Waals surface area contributed by atoms with Crippen molar-refractivity contribution in [2.75, 3.05) is 0 Å². The van der Waals surface area contributed by atoms with E-state index in [1.165, 1.54) is 22.3 Å². The molecule has 0 bridgehead atoms. The van der Waals surface area contributed by atoms with E-state index in [0.717, 1.165) is 4.47 Å². The van der Waals surface area contributed by atoms with Crippen molar-refractivity contribution in [3.63, 3.8) is 0 Å². The molecule has 0 aliphatic rings. The molecule has 0 spiro atoms. The van der Waals surface area contributed by atoms with E-state index >= 15 is 0 Å². The number of hydrogen-bond donors (Lipinski definition) is 0. The molecule has 2 aromatic carbocycles. The highest BCUT2D eigenvalue weighted by atomic mass is 79.9. The van der Waals surface area contributed by atoms with Gasteiger partial charge in [-0.3, -0.25) is 0 Å². The second-order valence-corrected chi connectivity index (χ2v) is 4.85. The van der Waals surface area contributed by atoms with Crippen molar-refractivity contribution in [1.82, 2.24) is 0 Å². The SMILES string of the molecule is C=Cc1c(/C=C\C)cccc1-c1ccccc1Br. The third-order valence-electron chi connectivity index (χ3n) is 2.85. The number of hydrogen-bond acceptors (Lipinski definition) is 0. The number of rotatable bonds is 3. The number of benzene rings is 2. The summed E-state index contributed by atoms with van der Waals surface area (Å²) in [5, 5.41) is 0. The van der Waals surface area contributed by atoms with E-state index in [1.807, 2.05) is 25.1 Å². The molecule has 1 heteroatoms. The van der Waals surface area contributed by atoms with Gasteiger partial charge in [-0.1, -0.05) is 77.1 Å². The summed E-state index contributed by atoms with van der Waals surface area (Å²) in [7, 11) is 0. The summed E-state index contributed by atoms with van der Waals surface area (Å²) in [4.78, 5) is 0. The summed E-state index contributed by atoms with van der Waals surface area (Å²) in [5.74, 6) is 0. The topological polar surface area (TPSA) is 0 Å². The Kier molecular flexibility index (Phi) is 4.16. The zero-order chi connectivity index (χ0) is 13.0. The molecule has 18 heavy (non-hydrogen) atoms. The highest BCUT2D eigenvalue weighted by Crippen LogP contribution is 2.33. The van der Waals surface area contributed by atoms with Gasteiger partial charge in [0.05, 0.1) is 0 Å². The molecule has 0 aromatic heterocycles. The fraction of sp³-hybridized carbons (Fsp3) is 0.0588. The van der Waals surface area contributed by atoms with Gasteiger partial charge in [-0.25, -0.2) is 0 Å². The van der Waals surface area contributed by atoms with Gasteiger partial charge in [0.2, 0.25) is 0 Å². The van der Waals surface area contributed by atoms with E-state index < -0.39 is 0 Å². The van der Waals surface area contributed by atoms with Crippen LogP contribution in [0.5, 0.6) is 0 Å². The fourth-order valence-corrected chi connectivity index (χ4v) is 2.55. The molecule has 90 valence electrons. The number of allylic oxidation sites excluding steroid dienone is 1. The minimum Gasteiger partial charge on any atom is -0.0984 e. The Morgan fingerprint density at radius 2 is 1.72 bits per heavy atom. The molecule has 0 aliphatic carbocycles. The van der Waals surface area contributed by atoms with Gasteiger partial charge in [0.1, 0.15) is 0 Å². The zero-order valence-electron chi connectivity index (χ0n) is 10.4. The van der Waals surface area contributed by atoms with Crippen molar-refractivity contribution < 1.29 is 0 Å². The van der Waals surface area contributed by atoms with Gasteiger partial charge in [0.15, 0.2) is 0 Å². The standard InChI is InChI=1S/C17H15Br/c1-3-8-13-9-7-11-15(14(13)4-2)16-10-5-6-12-17(16)18/h3-12H,2H2,1H3/b8-3-. The third kappa shape index (κ3) is 2.46. The largest absolute Gasteiger partial charge is 0.0984 e. The summed E-state index contributed by atoms with van der Waals surface area (Å²) in [6, 6.07) is 14.6. The van der Waals surface area contributed by atoms with E-state index in [1.54, 1.807) is 0 Å². The second kappa shape index (κ2) is 5.83. The van der Waals surface area contributed by atoms with Crippen LogP contribution in [0, 0.1) is 0 Å². The molecule has 0 amide bonds. The Morgan fingerprint density at radius 1 is 1.00 bits per heavy atom. The third-order valence-corrected chi connectivity index (χ3v) is 3.55. The molecule has 0 nitrogen and oxygen atoms in total. The molecule has 0 saturated carbocycles. The van der Waals surface area contributed by atoms with E-state index in [9.17, 15) is 0 Å². The van der Waals surface area contributed by atoms with Crippen LogP contribution in [0.15, 0.2) is 59.6 Å². The van der Waals surface area contributed by atoms with Crippen LogP contribution in [0.3, 0.4) is 0 Å². The Hall–Kier alpha value is -1.60. The quantitative estimate of drug-likeness (QED) is 0.672. The van der Waals surface area contributed by atoms with E-state index in [4.69, 9.17) is 0 Å². The lowest BCUT2D eigenvalue weighted by Crippen LogP contribution is -1.88. The lowest BCUT2D eigenvalue weighted by molar-refractivity contribution is 1.54. The molecule has 2 rings (SSSR count). The Balaban J connectivity index is 2.68. The molecular formula is C17H15Br. The van der Waals surface area contributed by atoms with Crippen molar-refractivity contribution in [3.05, 3.63) is 70.7 Å². The second-order valence-electron chi connectivity index (χ2n) is 3.99. The Labute approximate surface area is 117 Å². The van der Waals surface area contributed by atoms with Gasteiger partial charge < -0.3 is 0 Å². The zero-order valence-corrected chi connectivity index (χ0v) is 11.9. The highest BCUT2D eigenvalue weighted by molar-refractivity contribution is 9.10. The van der Waals surface area contributed by atoms with E-state index in [-0.39, 0.29) is 0 Å². The summed E-state index contributed by atoms with van der Waals surface area (Å²) < 4.78 is 1.10. The maximum absolute atomic E-state index is 3.94. The minimum absolute atomic E-state index is 1.10. The first-order chi connectivity index (χ1) is 8.77. The van der Waals surface area contributed by atoms with Crippen molar-refractivity contribution in [2.45, 2.75) is 6.92 Å². The summed E-state index contributed by atoms with van der Waals surface area (Å²) in [5.41, 5.74) is 4.76. The summed E-state index contributed by atoms with van der Waals surface area (Å²) >= 11 is 3.61. The maximum atomic E-state index is 3.94. The fourth-order valence-electron chi connectivity index (χ4n) is 2.05. The molecule has 0 saturated heterocycles. The molecule has 0 heterocycles. The predicted molar refractivity (Wildman–Crippen MR) is 84.4 cm³/mol. The van der Waals surface area contributed by atoms with Gasteiger partial charge in [-0.05, 0) is 35.2 Å². The smallest absolute Gasteiger partial charge is 0.0253 e. The number of halogens is 1. The van der Waals surface area contributed by atoms with E-state index in [2.05, 4.69) is 65.0 Å². The van der Waals surface area contributed by atoms with Crippen LogP contribution < -0.4 is 0 Å². The monoisotopic (exact) mass is 298 g/mol. The normalized spacial score (nSPS) is 10.8. The molecule has 0 unspecified atom stereocenters. The van der Waals surface area contributed by atoms with Gasteiger partial charge >= 0.3 is 0 Å². The molecule has 0 fully saturated rings. The first-order valence-electron chi connectivity index (χ1n) is 5.91. The molecule has 2 aromatic rings. The highest BCUT2D eigenvalue weighted by Gasteiger charge is 2.08. The lowest BCUT2D eigenvalue weighted by Gasteiger charge is -2.11. The first kappa shape index (κ1) is 12.8. The Morgan fingerprint density at radius 3 is 2.39 bits per heavy atom. The Bertz CT molecular complexity index is 594. The van der Waals surface area contributed by atoms with Crippen LogP contribution >= 0.6 is 15.9 Å². The van der Waals surface area contributed by atoms with Gasteiger partial charge in [-0.2, -0.15) is 0 Å². The van der Waals surface area contributed by atoms with Crippen LogP contribution in [0.25, 0.3) is 23.3 Å². The first-order valence-corrected chi connectivity index (χ1v) is 6.70. The van der Waals surface area contributed by atoms with Crippen LogP contribution in [0.1, 0.15) is 18.1 Å². The average Bonchev–Trinajstić information content (AvgIpc) is 2.39. The van der Waals surface area contributed by atoms with Crippen molar-refractivity contribution >= 4 is 28.1 Å². The molecule has 0 radical (unpaired) electrons. The molecule has 0 atom stereocenters. The van der Waals surface area contributed by atoms with Crippen LogP contribution in [0.2, 0.25) is 0 Å².